The molecule has 3 amide bonds. The first-order valence-electron chi connectivity index (χ1n) is 5.14. The Kier molecular flexibility index (Phi) is 3.49. The summed E-state index contributed by atoms with van der Waals surface area (Å²) in [4.78, 5) is 24.3. The molecule has 4 heteroatoms. The highest BCUT2D eigenvalue weighted by atomic mass is 16.2. The van der Waals surface area contributed by atoms with E-state index in [1.165, 1.54) is 0 Å². The van der Waals surface area contributed by atoms with Crippen molar-refractivity contribution in [2.75, 3.05) is 13.1 Å². The molecule has 4 nitrogen and oxygen atoms in total. The number of carbonyl (C=O) groups is 2. The molecule has 2 atom stereocenters. The van der Waals surface area contributed by atoms with Gasteiger partial charge in [-0.15, -0.1) is 0 Å². The zero-order chi connectivity index (χ0) is 10.7. The molecule has 0 spiro atoms. The Bertz CT molecular complexity index is 240. The molecule has 0 aliphatic carbocycles. The van der Waals surface area contributed by atoms with E-state index >= 15 is 0 Å². The molecule has 1 aliphatic heterocycles. The van der Waals surface area contributed by atoms with Gasteiger partial charge in [-0.3, -0.25) is 10.1 Å². The molecule has 0 aromatic carbocycles. The minimum absolute atomic E-state index is 0.0863. The summed E-state index contributed by atoms with van der Waals surface area (Å²) in [7, 11) is 0. The molecule has 1 aliphatic rings. The van der Waals surface area contributed by atoms with Crippen LogP contribution in [0.15, 0.2) is 0 Å². The van der Waals surface area contributed by atoms with E-state index < -0.39 is 0 Å². The number of hydrogen-bond donors (Lipinski definition) is 1. The van der Waals surface area contributed by atoms with Gasteiger partial charge in [0.2, 0.25) is 5.91 Å². The fourth-order valence-electron chi connectivity index (χ4n) is 1.47. The summed E-state index contributed by atoms with van der Waals surface area (Å²) in [6.45, 7) is 7.33. The molecule has 0 bridgehead atoms. The van der Waals surface area contributed by atoms with Crippen LogP contribution in [0.4, 0.5) is 4.79 Å². The molecule has 0 aromatic rings. The average molecular weight is 198 g/mol. The molecule has 0 saturated carbocycles. The van der Waals surface area contributed by atoms with Crippen molar-refractivity contribution >= 4 is 11.9 Å². The van der Waals surface area contributed by atoms with E-state index in [1.807, 2.05) is 6.92 Å². The average Bonchev–Trinajstić information content (AvgIpc) is 2.14. The van der Waals surface area contributed by atoms with Gasteiger partial charge in [0.25, 0.3) is 0 Å². The first-order chi connectivity index (χ1) is 6.54. The number of imide groups is 1. The van der Waals surface area contributed by atoms with Gasteiger partial charge in [0, 0.05) is 13.1 Å². The summed E-state index contributed by atoms with van der Waals surface area (Å²) >= 11 is 0. The van der Waals surface area contributed by atoms with Crippen LogP contribution in [0.3, 0.4) is 0 Å². The molecular formula is C10H18N2O2. The van der Waals surface area contributed by atoms with Crippen molar-refractivity contribution in [2.45, 2.75) is 27.2 Å². The van der Waals surface area contributed by atoms with Crippen molar-refractivity contribution in [2.24, 2.45) is 11.8 Å². The quantitative estimate of drug-likeness (QED) is 0.741. The lowest BCUT2D eigenvalue weighted by molar-refractivity contribution is -0.125. The number of nitrogens with one attached hydrogen (secondary N) is 1. The molecule has 2 unspecified atom stereocenters. The fourth-order valence-corrected chi connectivity index (χ4v) is 1.47. The highest BCUT2D eigenvalue weighted by Gasteiger charge is 2.29. The minimum Gasteiger partial charge on any atom is -0.323 e. The zero-order valence-corrected chi connectivity index (χ0v) is 9.04. The minimum atomic E-state index is -0.242. The smallest absolute Gasteiger partial charge is 0.323 e. The fraction of sp³-hybridized carbons (Fsp3) is 0.800. The van der Waals surface area contributed by atoms with Gasteiger partial charge < -0.3 is 4.90 Å². The summed E-state index contributed by atoms with van der Waals surface area (Å²) in [5.74, 6) is 0.244. The van der Waals surface area contributed by atoms with Crippen molar-refractivity contribution in [3.63, 3.8) is 0 Å². The van der Waals surface area contributed by atoms with Crippen LogP contribution in [-0.4, -0.2) is 29.9 Å². The monoisotopic (exact) mass is 198 g/mol. The van der Waals surface area contributed by atoms with Gasteiger partial charge >= 0.3 is 6.03 Å². The third kappa shape index (κ3) is 2.47. The van der Waals surface area contributed by atoms with Gasteiger partial charge in [-0.1, -0.05) is 27.2 Å². The second-order valence-corrected chi connectivity index (χ2v) is 4.11. The molecule has 14 heavy (non-hydrogen) atoms. The van der Waals surface area contributed by atoms with Gasteiger partial charge in [0.05, 0.1) is 5.92 Å². The lowest BCUT2D eigenvalue weighted by Gasteiger charge is -2.32. The van der Waals surface area contributed by atoms with Crippen molar-refractivity contribution in [1.82, 2.24) is 10.2 Å². The Morgan fingerprint density at radius 2 is 2.21 bits per heavy atom. The summed E-state index contributed by atoms with van der Waals surface area (Å²) < 4.78 is 0. The Morgan fingerprint density at radius 1 is 1.57 bits per heavy atom. The third-order valence-corrected chi connectivity index (χ3v) is 2.69. The molecule has 1 rings (SSSR count). The normalized spacial score (nSPS) is 24.8. The number of urea groups is 1. The van der Waals surface area contributed by atoms with E-state index in [-0.39, 0.29) is 17.9 Å². The summed E-state index contributed by atoms with van der Waals surface area (Å²) in [5, 5.41) is 2.36. The highest BCUT2D eigenvalue weighted by molar-refractivity contribution is 5.97. The van der Waals surface area contributed by atoms with E-state index in [9.17, 15) is 9.59 Å². The molecule has 0 aromatic heterocycles. The topological polar surface area (TPSA) is 49.4 Å². The molecular weight excluding hydrogens is 180 g/mol. The standard InChI is InChI=1S/C10H18N2O2/c1-4-7(2)5-12-6-8(3)9(13)11-10(12)14/h7-8H,4-6H2,1-3H3,(H,11,13,14). The number of amides is 3. The third-order valence-electron chi connectivity index (χ3n) is 2.69. The number of carbonyl (C=O) groups excluding carboxylic acids is 2. The lowest BCUT2D eigenvalue weighted by Crippen LogP contribution is -2.54. The number of hydrogen-bond acceptors (Lipinski definition) is 2. The second-order valence-electron chi connectivity index (χ2n) is 4.11. The summed E-state index contributed by atoms with van der Waals surface area (Å²) in [6, 6.07) is -0.242. The van der Waals surface area contributed by atoms with Crippen LogP contribution < -0.4 is 5.32 Å². The molecule has 1 N–H and O–H groups in total. The molecule has 80 valence electrons. The first-order valence-corrected chi connectivity index (χ1v) is 5.14. The van der Waals surface area contributed by atoms with Crippen molar-refractivity contribution in [3.8, 4) is 0 Å². The van der Waals surface area contributed by atoms with Crippen LogP contribution in [0.5, 0.6) is 0 Å². The van der Waals surface area contributed by atoms with Gasteiger partial charge in [0.1, 0.15) is 0 Å². The summed E-state index contributed by atoms with van der Waals surface area (Å²) in [6.07, 6.45) is 1.05. The Balaban J connectivity index is 2.53. The number of rotatable bonds is 3. The first kappa shape index (κ1) is 11.0. The molecule has 1 fully saturated rings. The van der Waals surface area contributed by atoms with Crippen LogP contribution in [-0.2, 0) is 4.79 Å². The predicted molar refractivity (Wildman–Crippen MR) is 53.7 cm³/mol. The number of nitrogens with zero attached hydrogens (tertiary/aromatic N) is 1. The largest absolute Gasteiger partial charge is 0.324 e. The van der Waals surface area contributed by atoms with E-state index in [4.69, 9.17) is 0 Å². The van der Waals surface area contributed by atoms with Crippen LogP contribution in [0, 0.1) is 11.8 Å². The highest BCUT2D eigenvalue weighted by Crippen LogP contribution is 2.11. The van der Waals surface area contributed by atoms with Gasteiger partial charge in [-0.2, -0.15) is 0 Å². The Labute approximate surface area is 84.7 Å². The maximum atomic E-state index is 11.4. The van der Waals surface area contributed by atoms with E-state index in [1.54, 1.807) is 4.90 Å². The second kappa shape index (κ2) is 4.44. The van der Waals surface area contributed by atoms with Gasteiger partial charge in [-0.25, -0.2) is 4.79 Å². The van der Waals surface area contributed by atoms with Crippen LogP contribution in [0.1, 0.15) is 27.2 Å². The summed E-state index contributed by atoms with van der Waals surface area (Å²) in [5.41, 5.74) is 0. The van der Waals surface area contributed by atoms with E-state index in [2.05, 4.69) is 19.2 Å². The maximum Gasteiger partial charge on any atom is 0.324 e. The zero-order valence-electron chi connectivity index (χ0n) is 9.04. The van der Waals surface area contributed by atoms with Crippen LogP contribution in [0.2, 0.25) is 0 Å². The van der Waals surface area contributed by atoms with Crippen LogP contribution in [0.25, 0.3) is 0 Å². The van der Waals surface area contributed by atoms with Gasteiger partial charge in [-0.05, 0) is 5.92 Å². The van der Waals surface area contributed by atoms with Crippen molar-refractivity contribution in [3.05, 3.63) is 0 Å². The SMILES string of the molecule is CCC(C)CN1CC(C)C(=O)NC1=O. The molecule has 0 radical (unpaired) electrons. The van der Waals surface area contributed by atoms with Crippen molar-refractivity contribution < 1.29 is 9.59 Å². The predicted octanol–water partition coefficient (Wildman–Crippen LogP) is 1.22. The van der Waals surface area contributed by atoms with E-state index in [0.29, 0.717) is 12.5 Å². The Hall–Kier alpha value is -1.06. The molecule has 1 saturated heterocycles. The van der Waals surface area contributed by atoms with Gasteiger partial charge in [0.15, 0.2) is 0 Å². The lowest BCUT2D eigenvalue weighted by atomic mass is 10.1. The van der Waals surface area contributed by atoms with E-state index in [0.717, 1.165) is 13.0 Å². The van der Waals surface area contributed by atoms with Crippen LogP contribution >= 0.6 is 0 Å². The maximum absolute atomic E-state index is 11.4. The molecule has 1 heterocycles. The van der Waals surface area contributed by atoms with Crippen molar-refractivity contribution in [1.29, 1.82) is 0 Å². The Morgan fingerprint density at radius 3 is 2.79 bits per heavy atom.